The van der Waals surface area contributed by atoms with Gasteiger partial charge < -0.3 is 5.11 Å². The molecule has 0 saturated carbocycles. The van der Waals surface area contributed by atoms with Gasteiger partial charge in [0.25, 0.3) is 0 Å². The van der Waals surface area contributed by atoms with Crippen LogP contribution in [0.4, 0.5) is 4.79 Å². The Labute approximate surface area is 67.3 Å². The molecule has 0 fully saturated rings. The molecule has 0 bridgehead atoms. The summed E-state index contributed by atoms with van der Waals surface area (Å²) >= 11 is 0. The van der Waals surface area contributed by atoms with Crippen molar-refractivity contribution >= 4 is 6.09 Å². The van der Waals surface area contributed by atoms with Crippen molar-refractivity contribution in [3.63, 3.8) is 0 Å². The Morgan fingerprint density at radius 3 is 2.00 bits per heavy atom. The van der Waals surface area contributed by atoms with E-state index >= 15 is 0 Å². The van der Waals surface area contributed by atoms with E-state index in [0.29, 0.717) is 0 Å². The highest BCUT2D eigenvalue weighted by Gasteiger charge is 2.23. The summed E-state index contributed by atoms with van der Waals surface area (Å²) in [6.45, 7) is 7.34. The van der Waals surface area contributed by atoms with Crippen LogP contribution in [0.2, 0.25) is 0 Å². The van der Waals surface area contributed by atoms with E-state index in [1.807, 2.05) is 20.8 Å². The van der Waals surface area contributed by atoms with Gasteiger partial charge in [0, 0.05) is 11.7 Å². The van der Waals surface area contributed by atoms with Crippen molar-refractivity contribution in [2.45, 2.75) is 33.2 Å². The van der Waals surface area contributed by atoms with Crippen LogP contribution < -0.4 is 0 Å². The minimum Gasteiger partial charge on any atom is -0.465 e. The smallest absolute Gasteiger partial charge is 0.411 e. The number of rotatable bonds is 1. The second-order valence-electron chi connectivity index (χ2n) is 3.31. The molecule has 11 heavy (non-hydrogen) atoms. The van der Waals surface area contributed by atoms with Gasteiger partial charge in [0.1, 0.15) is 0 Å². The first-order chi connectivity index (χ1) is 4.89. The van der Waals surface area contributed by atoms with E-state index < -0.39 is 6.09 Å². The standard InChI is InChI=1S/C8H15NO2/c1-5-6-9(7(10)11)8(2,3)4/h5-6H,1-4H3,(H,10,11)/b6-5-. The van der Waals surface area contributed by atoms with Gasteiger partial charge in [0.15, 0.2) is 0 Å². The third-order valence-electron chi connectivity index (χ3n) is 1.23. The molecule has 0 radical (unpaired) electrons. The Kier molecular flexibility index (Phi) is 3.11. The lowest BCUT2D eigenvalue weighted by Gasteiger charge is -2.29. The molecule has 0 aromatic rings. The summed E-state index contributed by atoms with van der Waals surface area (Å²) < 4.78 is 0. The molecule has 0 saturated heterocycles. The fraction of sp³-hybridized carbons (Fsp3) is 0.625. The zero-order valence-electron chi connectivity index (χ0n) is 7.46. The largest absolute Gasteiger partial charge is 0.465 e. The van der Waals surface area contributed by atoms with E-state index in [1.165, 1.54) is 4.90 Å². The molecule has 0 rings (SSSR count). The van der Waals surface area contributed by atoms with Crippen LogP contribution in [0.3, 0.4) is 0 Å². The van der Waals surface area contributed by atoms with Gasteiger partial charge in [-0.2, -0.15) is 0 Å². The Morgan fingerprint density at radius 1 is 1.45 bits per heavy atom. The van der Waals surface area contributed by atoms with Gasteiger partial charge >= 0.3 is 6.09 Å². The van der Waals surface area contributed by atoms with Gasteiger partial charge in [-0.3, -0.25) is 4.90 Å². The zero-order chi connectivity index (χ0) is 9.07. The van der Waals surface area contributed by atoms with E-state index in [1.54, 1.807) is 19.2 Å². The van der Waals surface area contributed by atoms with E-state index in [-0.39, 0.29) is 5.54 Å². The summed E-state index contributed by atoms with van der Waals surface area (Å²) in [4.78, 5) is 11.9. The molecule has 0 aliphatic heterocycles. The second-order valence-corrected chi connectivity index (χ2v) is 3.31. The van der Waals surface area contributed by atoms with Crippen LogP contribution in [-0.4, -0.2) is 21.6 Å². The number of allylic oxidation sites excluding steroid dienone is 1. The normalized spacial score (nSPS) is 12.0. The molecule has 0 aromatic heterocycles. The minimum absolute atomic E-state index is 0.363. The third kappa shape index (κ3) is 3.07. The Bertz CT molecular complexity index is 167. The highest BCUT2D eigenvalue weighted by Crippen LogP contribution is 2.13. The summed E-state index contributed by atoms with van der Waals surface area (Å²) in [5, 5.41) is 8.71. The Morgan fingerprint density at radius 2 is 1.91 bits per heavy atom. The van der Waals surface area contributed by atoms with Gasteiger partial charge in [-0.25, -0.2) is 4.79 Å². The van der Waals surface area contributed by atoms with Crippen LogP contribution in [0, 0.1) is 0 Å². The molecule has 1 amide bonds. The number of nitrogens with zero attached hydrogens (tertiary/aromatic N) is 1. The van der Waals surface area contributed by atoms with Crippen LogP contribution in [0.1, 0.15) is 27.7 Å². The Balaban J connectivity index is 4.48. The fourth-order valence-corrected chi connectivity index (χ4v) is 0.723. The summed E-state index contributed by atoms with van der Waals surface area (Å²) in [6, 6.07) is 0. The van der Waals surface area contributed by atoms with Gasteiger partial charge in [-0.15, -0.1) is 0 Å². The van der Waals surface area contributed by atoms with Crippen LogP contribution in [0.5, 0.6) is 0 Å². The summed E-state index contributed by atoms with van der Waals surface area (Å²) in [5.74, 6) is 0. The molecule has 0 aliphatic rings. The molecule has 0 unspecified atom stereocenters. The van der Waals surface area contributed by atoms with Crippen molar-refractivity contribution in [2.24, 2.45) is 0 Å². The Hall–Kier alpha value is -0.990. The second kappa shape index (κ2) is 3.42. The molecule has 0 heterocycles. The van der Waals surface area contributed by atoms with Gasteiger partial charge in [-0.05, 0) is 27.7 Å². The molecule has 0 atom stereocenters. The number of carboxylic acid groups (broad SMARTS) is 1. The van der Waals surface area contributed by atoms with Crippen molar-refractivity contribution in [3.8, 4) is 0 Å². The molecule has 3 heteroatoms. The highest BCUT2D eigenvalue weighted by atomic mass is 16.4. The lowest BCUT2D eigenvalue weighted by molar-refractivity contribution is 0.129. The van der Waals surface area contributed by atoms with Crippen molar-refractivity contribution in [3.05, 3.63) is 12.3 Å². The minimum atomic E-state index is -0.921. The molecule has 64 valence electrons. The van der Waals surface area contributed by atoms with E-state index in [2.05, 4.69) is 0 Å². The van der Waals surface area contributed by atoms with E-state index in [0.717, 1.165) is 0 Å². The molecular weight excluding hydrogens is 142 g/mol. The molecule has 0 aliphatic carbocycles. The van der Waals surface area contributed by atoms with Gasteiger partial charge in [0.05, 0.1) is 0 Å². The number of amides is 1. The average Bonchev–Trinajstić information content (AvgIpc) is 1.79. The van der Waals surface area contributed by atoms with Crippen molar-refractivity contribution < 1.29 is 9.90 Å². The number of carbonyl (C=O) groups is 1. The van der Waals surface area contributed by atoms with Crippen LogP contribution in [0.15, 0.2) is 12.3 Å². The number of hydrogen-bond donors (Lipinski definition) is 1. The molecule has 0 aromatic carbocycles. The lowest BCUT2D eigenvalue weighted by Crippen LogP contribution is -2.40. The highest BCUT2D eigenvalue weighted by molar-refractivity contribution is 5.67. The monoisotopic (exact) mass is 157 g/mol. The predicted octanol–water partition coefficient (Wildman–Crippen LogP) is 2.30. The van der Waals surface area contributed by atoms with Crippen LogP contribution >= 0.6 is 0 Å². The van der Waals surface area contributed by atoms with Gasteiger partial charge in [-0.1, -0.05) is 6.08 Å². The average molecular weight is 157 g/mol. The van der Waals surface area contributed by atoms with Gasteiger partial charge in [0.2, 0.25) is 0 Å². The first kappa shape index (κ1) is 10.0. The van der Waals surface area contributed by atoms with E-state index in [9.17, 15) is 4.79 Å². The van der Waals surface area contributed by atoms with Crippen LogP contribution in [-0.2, 0) is 0 Å². The fourth-order valence-electron chi connectivity index (χ4n) is 0.723. The topological polar surface area (TPSA) is 40.5 Å². The first-order valence-corrected chi connectivity index (χ1v) is 3.54. The summed E-state index contributed by atoms with van der Waals surface area (Å²) in [6.07, 6.45) is 2.34. The van der Waals surface area contributed by atoms with Crippen molar-refractivity contribution in [1.82, 2.24) is 4.90 Å². The third-order valence-corrected chi connectivity index (χ3v) is 1.23. The maximum Gasteiger partial charge on any atom is 0.411 e. The van der Waals surface area contributed by atoms with Crippen LogP contribution in [0.25, 0.3) is 0 Å². The maximum absolute atomic E-state index is 10.6. The zero-order valence-corrected chi connectivity index (χ0v) is 7.46. The maximum atomic E-state index is 10.6. The lowest BCUT2D eigenvalue weighted by atomic mass is 10.1. The molecule has 1 N–H and O–H groups in total. The molecular formula is C8H15NO2. The van der Waals surface area contributed by atoms with E-state index in [4.69, 9.17) is 5.11 Å². The molecule has 0 spiro atoms. The predicted molar refractivity (Wildman–Crippen MR) is 44.4 cm³/mol. The first-order valence-electron chi connectivity index (χ1n) is 3.54. The summed E-state index contributed by atoms with van der Waals surface area (Å²) in [5.41, 5.74) is -0.363. The number of hydrogen-bond acceptors (Lipinski definition) is 1. The summed E-state index contributed by atoms with van der Waals surface area (Å²) in [7, 11) is 0. The molecule has 3 nitrogen and oxygen atoms in total. The van der Waals surface area contributed by atoms with Crippen molar-refractivity contribution in [2.75, 3.05) is 0 Å². The SMILES string of the molecule is C/C=C\N(C(=O)O)C(C)(C)C. The van der Waals surface area contributed by atoms with Crippen molar-refractivity contribution in [1.29, 1.82) is 0 Å². The quantitative estimate of drug-likeness (QED) is 0.634.